The molecular formula is C16H24N2O3S. The third-order valence-electron chi connectivity index (χ3n) is 4.25. The molecule has 1 fully saturated rings. The molecule has 122 valence electrons. The molecule has 0 aliphatic heterocycles. The van der Waals surface area contributed by atoms with Gasteiger partial charge in [0.2, 0.25) is 15.9 Å². The second-order valence-corrected chi connectivity index (χ2v) is 8.03. The Bertz CT molecular complexity index is 649. The van der Waals surface area contributed by atoms with E-state index in [4.69, 9.17) is 0 Å². The predicted molar refractivity (Wildman–Crippen MR) is 88.4 cm³/mol. The molecule has 6 heteroatoms. The van der Waals surface area contributed by atoms with Crippen molar-refractivity contribution in [2.45, 2.75) is 45.6 Å². The van der Waals surface area contributed by atoms with Crippen molar-refractivity contribution in [1.82, 2.24) is 4.31 Å². The first-order valence-electron chi connectivity index (χ1n) is 7.61. The van der Waals surface area contributed by atoms with E-state index in [0.29, 0.717) is 5.69 Å². The summed E-state index contributed by atoms with van der Waals surface area (Å²) in [5.74, 6) is -0.291. The molecule has 1 amide bonds. The van der Waals surface area contributed by atoms with Crippen molar-refractivity contribution >= 4 is 21.6 Å². The number of nitrogens with one attached hydrogen (secondary N) is 1. The lowest BCUT2D eigenvalue weighted by molar-refractivity contribution is -0.116. The molecule has 0 heterocycles. The Morgan fingerprint density at radius 3 is 2.41 bits per heavy atom. The molecule has 5 nitrogen and oxygen atoms in total. The lowest BCUT2D eigenvalue weighted by Gasteiger charge is -2.25. The summed E-state index contributed by atoms with van der Waals surface area (Å²) < 4.78 is 25.2. The Balaban J connectivity index is 2.06. The van der Waals surface area contributed by atoms with Gasteiger partial charge in [0.05, 0.1) is 12.8 Å². The van der Waals surface area contributed by atoms with Crippen LogP contribution in [0.15, 0.2) is 18.2 Å². The van der Waals surface area contributed by atoms with Crippen molar-refractivity contribution in [2.24, 2.45) is 0 Å². The highest BCUT2D eigenvalue weighted by molar-refractivity contribution is 7.88. The Labute approximate surface area is 132 Å². The minimum Gasteiger partial charge on any atom is -0.325 e. The van der Waals surface area contributed by atoms with Crippen LogP contribution in [0.5, 0.6) is 0 Å². The summed E-state index contributed by atoms with van der Waals surface area (Å²) in [6.07, 6.45) is 4.90. The number of nitrogens with zero attached hydrogens (tertiary/aromatic N) is 1. The highest BCUT2D eigenvalue weighted by Crippen LogP contribution is 2.25. The van der Waals surface area contributed by atoms with Crippen molar-refractivity contribution in [2.75, 3.05) is 18.1 Å². The number of hydrogen-bond acceptors (Lipinski definition) is 3. The molecular weight excluding hydrogens is 300 g/mol. The third kappa shape index (κ3) is 4.30. The van der Waals surface area contributed by atoms with Gasteiger partial charge in [-0.25, -0.2) is 8.42 Å². The van der Waals surface area contributed by atoms with E-state index in [2.05, 4.69) is 5.32 Å². The van der Waals surface area contributed by atoms with E-state index in [0.717, 1.165) is 36.8 Å². The van der Waals surface area contributed by atoms with Gasteiger partial charge in [0.25, 0.3) is 0 Å². The fraction of sp³-hybridized carbons (Fsp3) is 0.562. The average Bonchev–Trinajstić information content (AvgIpc) is 2.92. The van der Waals surface area contributed by atoms with E-state index < -0.39 is 10.0 Å². The highest BCUT2D eigenvalue weighted by Gasteiger charge is 2.30. The molecule has 1 aliphatic rings. The standard InChI is InChI=1S/C16H24N2O3S/c1-12-8-9-14(10-13(12)2)17-16(19)11-18(22(3,20)21)15-6-4-5-7-15/h8-10,15H,4-7,11H2,1-3H3,(H,17,19). The monoisotopic (exact) mass is 324 g/mol. The Hall–Kier alpha value is -1.40. The lowest BCUT2D eigenvalue weighted by Crippen LogP contribution is -2.43. The van der Waals surface area contributed by atoms with E-state index in [1.54, 1.807) is 0 Å². The molecule has 1 aromatic carbocycles. The number of benzene rings is 1. The van der Waals surface area contributed by atoms with Gasteiger partial charge in [0, 0.05) is 11.7 Å². The summed E-state index contributed by atoms with van der Waals surface area (Å²) in [7, 11) is -3.38. The van der Waals surface area contributed by atoms with Crippen LogP contribution in [0.4, 0.5) is 5.69 Å². The quantitative estimate of drug-likeness (QED) is 0.904. The molecule has 0 unspecified atom stereocenters. The lowest BCUT2D eigenvalue weighted by atomic mass is 10.1. The summed E-state index contributed by atoms with van der Waals surface area (Å²) in [6.45, 7) is 3.87. The summed E-state index contributed by atoms with van der Waals surface area (Å²) in [4.78, 5) is 12.2. The summed E-state index contributed by atoms with van der Waals surface area (Å²) in [5.41, 5.74) is 2.95. The Kier molecular flexibility index (Phi) is 5.24. The van der Waals surface area contributed by atoms with Gasteiger partial charge in [-0.2, -0.15) is 4.31 Å². The normalized spacial score (nSPS) is 16.2. The number of carbonyl (C=O) groups excluding carboxylic acids is 1. The fourth-order valence-corrected chi connectivity index (χ4v) is 3.97. The van der Waals surface area contributed by atoms with Crippen LogP contribution < -0.4 is 5.32 Å². The van der Waals surface area contributed by atoms with E-state index >= 15 is 0 Å². The van der Waals surface area contributed by atoms with Crippen LogP contribution in [0.25, 0.3) is 0 Å². The SMILES string of the molecule is Cc1ccc(NC(=O)CN(C2CCCC2)S(C)(=O)=O)cc1C. The molecule has 22 heavy (non-hydrogen) atoms. The minimum atomic E-state index is -3.38. The van der Waals surface area contributed by atoms with Gasteiger partial charge >= 0.3 is 0 Å². The zero-order valence-electron chi connectivity index (χ0n) is 13.4. The van der Waals surface area contributed by atoms with Gasteiger partial charge < -0.3 is 5.32 Å². The first-order valence-corrected chi connectivity index (χ1v) is 9.46. The molecule has 1 aromatic rings. The van der Waals surface area contributed by atoms with E-state index in [9.17, 15) is 13.2 Å². The molecule has 0 bridgehead atoms. The van der Waals surface area contributed by atoms with Crippen LogP contribution in [-0.2, 0) is 14.8 Å². The van der Waals surface area contributed by atoms with Gasteiger partial charge in [-0.3, -0.25) is 4.79 Å². The van der Waals surface area contributed by atoms with Crippen molar-refractivity contribution in [3.05, 3.63) is 29.3 Å². The maximum atomic E-state index is 12.2. The van der Waals surface area contributed by atoms with E-state index in [1.807, 2.05) is 32.0 Å². The van der Waals surface area contributed by atoms with Crippen LogP contribution >= 0.6 is 0 Å². The van der Waals surface area contributed by atoms with Crippen molar-refractivity contribution in [1.29, 1.82) is 0 Å². The fourth-order valence-electron chi connectivity index (χ4n) is 2.87. The molecule has 1 aliphatic carbocycles. The van der Waals surface area contributed by atoms with Crippen LogP contribution in [0, 0.1) is 13.8 Å². The van der Waals surface area contributed by atoms with Crippen molar-refractivity contribution < 1.29 is 13.2 Å². The zero-order chi connectivity index (χ0) is 16.3. The van der Waals surface area contributed by atoms with Gasteiger partial charge in [-0.15, -0.1) is 0 Å². The van der Waals surface area contributed by atoms with Crippen LogP contribution in [0.3, 0.4) is 0 Å². The Morgan fingerprint density at radius 1 is 1.23 bits per heavy atom. The van der Waals surface area contributed by atoms with Gasteiger partial charge in [-0.05, 0) is 49.9 Å². The number of rotatable bonds is 5. The molecule has 0 saturated heterocycles. The average molecular weight is 324 g/mol. The molecule has 0 spiro atoms. The van der Waals surface area contributed by atoms with Gasteiger partial charge in [0.1, 0.15) is 0 Å². The Morgan fingerprint density at radius 2 is 1.86 bits per heavy atom. The highest BCUT2D eigenvalue weighted by atomic mass is 32.2. The predicted octanol–water partition coefficient (Wildman–Crippen LogP) is 2.45. The molecule has 2 rings (SSSR count). The second-order valence-electron chi connectivity index (χ2n) is 6.09. The summed E-state index contributed by atoms with van der Waals surface area (Å²) in [5, 5.41) is 2.79. The molecule has 0 aromatic heterocycles. The number of hydrogen-bond donors (Lipinski definition) is 1. The number of sulfonamides is 1. The van der Waals surface area contributed by atoms with Crippen LogP contribution in [-0.4, -0.2) is 37.5 Å². The maximum Gasteiger partial charge on any atom is 0.239 e. The molecule has 1 saturated carbocycles. The molecule has 0 atom stereocenters. The number of amides is 1. The second kappa shape index (κ2) is 6.79. The van der Waals surface area contributed by atoms with E-state index in [1.165, 1.54) is 10.6 Å². The van der Waals surface area contributed by atoms with Gasteiger partial charge in [-0.1, -0.05) is 18.9 Å². The first-order chi connectivity index (χ1) is 10.3. The minimum absolute atomic E-state index is 0.0412. The third-order valence-corrected chi connectivity index (χ3v) is 5.53. The smallest absolute Gasteiger partial charge is 0.239 e. The van der Waals surface area contributed by atoms with Crippen LogP contribution in [0.2, 0.25) is 0 Å². The number of carbonyl (C=O) groups is 1. The topological polar surface area (TPSA) is 66.5 Å². The molecule has 1 N–H and O–H groups in total. The van der Waals surface area contributed by atoms with Crippen molar-refractivity contribution in [3.8, 4) is 0 Å². The largest absolute Gasteiger partial charge is 0.325 e. The zero-order valence-corrected chi connectivity index (χ0v) is 14.2. The number of anilines is 1. The van der Waals surface area contributed by atoms with Crippen LogP contribution in [0.1, 0.15) is 36.8 Å². The summed E-state index contributed by atoms with van der Waals surface area (Å²) >= 11 is 0. The van der Waals surface area contributed by atoms with Gasteiger partial charge in [0.15, 0.2) is 0 Å². The van der Waals surface area contributed by atoms with E-state index in [-0.39, 0.29) is 18.5 Å². The summed E-state index contributed by atoms with van der Waals surface area (Å²) in [6, 6.07) is 5.63. The van der Waals surface area contributed by atoms with Crippen molar-refractivity contribution in [3.63, 3.8) is 0 Å². The molecule has 0 radical (unpaired) electrons. The maximum absolute atomic E-state index is 12.2. The first kappa shape index (κ1) is 17.0. The number of aryl methyl sites for hydroxylation is 2.